The largest absolute Gasteiger partial charge is 0.369 e. The Hall–Kier alpha value is -1.50. The number of anilines is 1. The molecule has 0 aliphatic rings. The van der Waals surface area contributed by atoms with Crippen molar-refractivity contribution in [2.75, 3.05) is 5.73 Å². The average molecular weight is 295 g/mol. The molecule has 0 atom stereocenters. The first-order chi connectivity index (χ1) is 8.63. The van der Waals surface area contributed by atoms with Gasteiger partial charge in [0.15, 0.2) is 10.8 Å². The molecule has 7 heteroatoms. The summed E-state index contributed by atoms with van der Waals surface area (Å²) < 4.78 is 0.502. The van der Waals surface area contributed by atoms with Gasteiger partial charge in [-0.1, -0.05) is 47.3 Å². The summed E-state index contributed by atoms with van der Waals surface area (Å²) in [6, 6.07) is 7.50. The molecule has 2 aromatic heterocycles. The molecule has 0 aliphatic heterocycles. The molecule has 0 amide bonds. The lowest BCUT2D eigenvalue weighted by Crippen LogP contribution is -1.93. The highest BCUT2D eigenvalue weighted by Crippen LogP contribution is 2.30. The van der Waals surface area contributed by atoms with E-state index in [-0.39, 0.29) is 0 Å². The van der Waals surface area contributed by atoms with Crippen LogP contribution in [0.15, 0.2) is 24.3 Å². The highest BCUT2D eigenvalue weighted by Gasteiger charge is 2.09. The second kappa shape index (κ2) is 4.31. The van der Waals surface area contributed by atoms with Crippen molar-refractivity contribution in [3.8, 4) is 10.6 Å². The van der Waals surface area contributed by atoms with Crippen LogP contribution in [0.2, 0.25) is 5.02 Å². The smallest absolute Gasteiger partial charge is 0.199 e. The number of H-pyrrole nitrogens is 1. The van der Waals surface area contributed by atoms with E-state index >= 15 is 0 Å². The fourth-order valence-electron chi connectivity index (χ4n) is 1.59. The van der Waals surface area contributed by atoms with Crippen LogP contribution in [0.3, 0.4) is 0 Å². The fraction of sp³-hybridized carbons (Fsp3) is 0. The Morgan fingerprint density at radius 1 is 1.33 bits per heavy atom. The van der Waals surface area contributed by atoms with Gasteiger partial charge in [0.1, 0.15) is 15.2 Å². The van der Waals surface area contributed by atoms with Crippen LogP contribution in [0, 0.1) is 4.64 Å². The normalized spacial score (nSPS) is 10.9. The molecule has 0 saturated heterocycles. The Labute approximate surface area is 116 Å². The number of fused-ring (bicyclic) bond motifs is 1. The monoisotopic (exact) mass is 294 g/mol. The summed E-state index contributed by atoms with van der Waals surface area (Å²) in [5.41, 5.74) is 7.23. The number of halogens is 1. The van der Waals surface area contributed by atoms with Gasteiger partial charge < -0.3 is 10.7 Å². The SMILES string of the molecule is Nc1nc2sc(-c3cccc(Cl)c3)nc2c(=S)[nH]1. The lowest BCUT2D eigenvalue weighted by molar-refractivity contribution is 1.22. The number of nitrogens with one attached hydrogen (secondary N) is 1. The zero-order valence-corrected chi connectivity index (χ0v) is 11.4. The van der Waals surface area contributed by atoms with Gasteiger partial charge >= 0.3 is 0 Å². The third-order valence-electron chi connectivity index (χ3n) is 2.36. The second-order valence-corrected chi connectivity index (χ2v) is 5.46. The molecule has 0 unspecified atom stereocenters. The van der Waals surface area contributed by atoms with Crippen molar-refractivity contribution < 1.29 is 0 Å². The molecule has 0 fully saturated rings. The van der Waals surface area contributed by atoms with E-state index in [4.69, 9.17) is 29.6 Å². The molecular formula is C11H7ClN4S2. The summed E-state index contributed by atoms with van der Waals surface area (Å²) in [5, 5.41) is 1.49. The third-order valence-corrected chi connectivity index (χ3v) is 3.89. The topological polar surface area (TPSA) is 67.6 Å². The first-order valence-electron chi connectivity index (χ1n) is 5.06. The third kappa shape index (κ3) is 1.98. The van der Waals surface area contributed by atoms with Gasteiger partial charge in [-0.15, -0.1) is 0 Å². The Kier molecular flexibility index (Phi) is 2.77. The Morgan fingerprint density at radius 3 is 2.94 bits per heavy atom. The molecule has 0 spiro atoms. The number of thiazole rings is 1. The van der Waals surface area contributed by atoms with Gasteiger partial charge in [0.25, 0.3) is 0 Å². The number of nitrogens with two attached hydrogens (primary N) is 1. The van der Waals surface area contributed by atoms with Crippen LogP contribution in [0.4, 0.5) is 5.95 Å². The maximum atomic E-state index is 5.96. The molecule has 3 aromatic rings. The fourth-order valence-corrected chi connectivity index (χ4v) is 3.05. The number of benzene rings is 1. The molecule has 1 aromatic carbocycles. The van der Waals surface area contributed by atoms with Gasteiger partial charge in [-0.3, -0.25) is 0 Å². The summed E-state index contributed by atoms with van der Waals surface area (Å²) >= 11 is 12.6. The molecule has 3 N–H and O–H groups in total. The van der Waals surface area contributed by atoms with E-state index in [2.05, 4.69) is 15.0 Å². The predicted octanol–water partition coefficient (Wildman–Crippen LogP) is 3.65. The molecule has 0 bridgehead atoms. The van der Waals surface area contributed by atoms with Crippen LogP contribution in [-0.2, 0) is 0 Å². The maximum absolute atomic E-state index is 5.96. The Morgan fingerprint density at radius 2 is 2.17 bits per heavy atom. The van der Waals surface area contributed by atoms with Crippen LogP contribution in [0.1, 0.15) is 0 Å². The number of hydrogen-bond donors (Lipinski definition) is 2. The molecule has 3 rings (SSSR count). The standard InChI is InChI=1S/C11H7ClN4S2/c12-6-3-1-2-5(4-6)9-14-7-8(17)15-11(13)16-10(7)18-9/h1-4H,(H3,13,15,16,17). The van der Waals surface area contributed by atoms with E-state index in [0.717, 1.165) is 15.4 Å². The van der Waals surface area contributed by atoms with Crippen molar-refractivity contribution in [3.05, 3.63) is 33.9 Å². The quantitative estimate of drug-likeness (QED) is 0.672. The first-order valence-corrected chi connectivity index (χ1v) is 6.66. The van der Waals surface area contributed by atoms with Crippen molar-refractivity contribution in [1.82, 2.24) is 15.0 Å². The Bertz CT molecular complexity index is 793. The van der Waals surface area contributed by atoms with Crippen molar-refractivity contribution in [2.24, 2.45) is 0 Å². The average Bonchev–Trinajstić information content (AvgIpc) is 2.73. The molecule has 0 saturated carbocycles. The van der Waals surface area contributed by atoms with Crippen molar-refractivity contribution in [2.45, 2.75) is 0 Å². The second-order valence-electron chi connectivity index (χ2n) is 3.63. The highest BCUT2D eigenvalue weighted by atomic mass is 35.5. The van der Waals surface area contributed by atoms with Gasteiger partial charge in [0.2, 0.25) is 0 Å². The van der Waals surface area contributed by atoms with Gasteiger partial charge in [-0.05, 0) is 12.1 Å². The summed E-state index contributed by atoms with van der Waals surface area (Å²) in [4.78, 5) is 12.2. The van der Waals surface area contributed by atoms with E-state index in [0.29, 0.717) is 21.1 Å². The lowest BCUT2D eigenvalue weighted by atomic mass is 10.2. The summed E-state index contributed by atoms with van der Waals surface area (Å²) in [5.74, 6) is 0.300. The number of aromatic nitrogens is 3. The van der Waals surface area contributed by atoms with Crippen LogP contribution >= 0.6 is 35.2 Å². The van der Waals surface area contributed by atoms with Crippen LogP contribution in [0.5, 0.6) is 0 Å². The summed E-state index contributed by atoms with van der Waals surface area (Å²) in [7, 11) is 0. The number of rotatable bonds is 1. The molecule has 90 valence electrons. The molecule has 0 aliphatic carbocycles. The highest BCUT2D eigenvalue weighted by molar-refractivity contribution is 7.71. The molecule has 2 heterocycles. The molecule has 0 radical (unpaired) electrons. The van der Waals surface area contributed by atoms with Gasteiger partial charge in [0.05, 0.1) is 0 Å². The number of nitrogen functional groups attached to an aromatic ring is 1. The predicted molar refractivity (Wildman–Crippen MR) is 77.5 cm³/mol. The number of nitrogens with zero attached hydrogens (tertiary/aromatic N) is 2. The van der Waals surface area contributed by atoms with E-state index in [1.54, 1.807) is 0 Å². The zero-order valence-electron chi connectivity index (χ0n) is 8.98. The molecule has 18 heavy (non-hydrogen) atoms. The number of hydrogen-bond acceptors (Lipinski definition) is 5. The van der Waals surface area contributed by atoms with Crippen LogP contribution in [0.25, 0.3) is 20.9 Å². The Balaban J connectivity index is 2.26. The minimum atomic E-state index is 0.300. The number of aromatic amines is 1. The molecular weight excluding hydrogens is 288 g/mol. The minimum Gasteiger partial charge on any atom is -0.369 e. The van der Waals surface area contributed by atoms with Crippen molar-refractivity contribution >= 4 is 51.5 Å². The van der Waals surface area contributed by atoms with E-state index in [1.807, 2.05) is 24.3 Å². The van der Waals surface area contributed by atoms with Crippen LogP contribution in [-0.4, -0.2) is 15.0 Å². The minimum absolute atomic E-state index is 0.300. The first kappa shape index (κ1) is 11.6. The lowest BCUT2D eigenvalue weighted by Gasteiger charge is -1.95. The maximum Gasteiger partial charge on any atom is 0.199 e. The van der Waals surface area contributed by atoms with Gasteiger partial charge in [0, 0.05) is 10.6 Å². The van der Waals surface area contributed by atoms with Crippen LogP contribution < -0.4 is 5.73 Å². The van der Waals surface area contributed by atoms with E-state index in [1.165, 1.54) is 11.3 Å². The van der Waals surface area contributed by atoms with Crippen molar-refractivity contribution in [1.29, 1.82) is 0 Å². The van der Waals surface area contributed by atoms with Gasteiger partial charge in [-0.2, -0.15) is 0 Å². The molecule has 4 nitrogen and oxygen atoms in total. The zero-order chi connectivity index (χ0) is 12.7. The van der Waals surface area contributed by atoms with E-state index in [9.17, 15) is 0 Å². The summed E-state index contributed by atoms with van der Waals surface area (Å²) in [6.07, 6.45) is 0. The van der Waals surface area contributed by atoms with Gasteiger partial charge in [-0.25, -0.2) is 9.97 Å². The van der Waals surface area contributed by atoms with Crippen molar-refractivity contribution in [3.63, 3.8) is 0 Å². The van der Waals surface area contributed by atoms with E-state index < -0.39 is 0 Å². The summed E-state index contributed by atoms with van der Waals surface area (Å²) in [6.45, 7) is 0.